The third-order valence-corrected chi connectivity index (χ3v) is 1.62. The van der Waals surface area contributed by atoms with Gasteiger partial charge in [0.25, 0.3) is 0 Å². The number of allylic oxidation sites excluding steroid dienone is 1. The van der Waals surface area contributed by atoms with E-state index in [1.807, 2.05) is 6.92 Å². The Morgan fingerprint density at radius 3 is 2.67 bits per heavy atom. The van der Waals surface area contributed by atoms with E-state index in [1.54, 1.807) is 0 Å². The zero-order valence-corrected chi connectivity index (χ0v) is 9.31. The van der Waals surface area contributed by atoms with Crippen LogP contribution in [0.3, 0.4) is 0 Å². The maximum absolute atomic E-state index is 13.4. The van der Waals surface area contributed by atoms with Gasteiger partial charge in [-0.25, -0.2) is 4.39 Å². The molecule has 0 unspecified atom stereocenters. The van der Waals surface area contributed by atoms with Crippen molar-refractivity contribution in [1.82, 2.24) is 10.6 Å². The number of halogens is 1. The number of nitrogens with zero attached hydrogens (tertiary/aromatic N) is 1. The maximum atomic E-state index is 13.4. The summed E-state index contributed by atoms with van der Waals surface area (Å²) in [5.74, 6) is -0.308. The average molecular weight is 211 g/mol. The summed E-state index contributed by atoms with van der Waals surface area (Å²) in [5.41, 5.74) is 0.750. The SMILES string of the molecule is C=CN/C=C(F)\C(=N/C)NC(=C)CCC. The van der Waals surface area contributed by atoms with Crippen LogP contribution >= 0.6 is 0 Å². The standard InChI is InChI=1S/C11H18FN3/c1-5-7-9(3)15-11(13-4)10(12)8-14-6-2/h6,8,14H,2-3,5,7H2,1,4H3,(H,13,15)/b10-8+. The minimum Gasteiger partial charge on any atom is -0.366 e. The molecule has 4 heteroatoms. The fraction of sp³-hybridized carbons (Fsp3) is 0.364. The Morgan fingerprint density at radius 1 is 1.53 bits per heavy atom. The Bertz CT molecular complexity index is 280. The van der Waals surface area contributed by atoms with Crippen LogP contribution in [-0.2, 0) is 0 Å². The predicted molar refractivity (Wildman–Crippen MR) is 63.1 cm³/mol. The van der Waals surface area contributed by atoms with Gasteiger partial charge in [-0.05, 0) is 12.6 Å². The molecule has 0 saturated carbocycles. The number of amidine groups is 1. The lowest BCUT2D eigenvalue weighted by Crippen LogP contribution is -2.23. The van der Waals surface area contributed by atoms with Crippen molar-refractivity contribution in [2.45, 2.75) is 19.8 Å². The quantitative estimate of drug-likeness (QED) is 0.523. The van der Waals surface area contributed by atoms with Gasteiger partial charge in [-0.1, -0.05) is 26.5 Å². The normalized spacial score (nSPS) is 12.2. The van der Waals surface area contributed by atoms with Crippen molar-refractivity contribution in [3.05, 3.63) is 37.1 Å². The zero-order chi connectivity index (χ0) is 11.7. The van der Waals surface area contributed by atoms with Crippen LogP contribution in [0.4, 0.5) is 4.39 Å². The van der Waals surface area contributed by atoms with Crippen molar-refractivity contribution < 1.29 is 4.39 Å². The number of nitrogens with one attached hydrogen (secondary N) is 2. The molecule has 0 amide bonds. The van der Waals surface area contributed by atoms with Crippen LogP contribution in [0.25, 0.3) is 0 Å². The van der Waals surface area contributed by atoms with Crippen LogP contribution in [0.1, 0.15) is 19.8 Å². The average Bonchev–Trinajstić information content (AvgIpc) is 2.22. The first-order valence-electron chi connectivity index (χ1n) is 4.80. The highest BCUT2D eigenvalue weighted by Crippen LogP contribution is 2.02. The van der Waals surface area contributed by atoms with Crippen LogP contribution in [0.2, 0.25) is 0 Å². The first-order chi connectivity index (χ1) is 7.15. The summed E-state index contributed by atoms with van der Waals surface area (Å²) in [6.07, 6.45) is 4.32. The van der Waals surface area contributed by atoms with E-state index in [2.05, 4.69) is 28.8 Å². The van der Waals surface area contributed by atoms with Crippen LogP contribution in [0.15, 0.2) is 42.1 Å². The summed E-state index contributed by atoms with van der Waals surface area (Å²) in [7, 11) is 1.52. The second kappa shape index (κ2) is 7.79. The molecule has 2 N–H and O–H groups in total. The summed E-state index contributed by atoms with van der Waals surface area (Å²) in [5, 5.41) is 5.36. The summed E-state index contributed by atoms with van der Waals surface area (Å²) in [6.45, 7) is 9.21. The van der Waals surface area contributed by atoms with E-state index in [1.165, 1.54) is 19.4 Å². The molecule has 3 nitrogen and oxygen atoms in total. The lowest BCUT2D eigenvalue weighted by Gasteiger charge is -2.09. The van der Waals surface area contributed by atoms with Gasteiger partial charge in [0, 0.05) is 18.9 Å². The summed E-state index contributed by atoms with van der Waals surface area (Å²) in [6, 6.07) is 0. The highest BCUT2D eigenvalue weighted by molar-refractivity contribution is 5.97. The van der Waals surface area contributed by atoms with Gasteiger partial charge in [0.05, 0.1) is 0 Å². The Hall–Kier alpha value is -1.58. The summed E-state index contributed by atoms with van der Waals surface area (Å²) >= 11 is 0. The molecule has 0 heterocycles. The number of hydrogen-bond donors (Lipinski definition) is 2. The van der Waals surface area contributed by atoms with Crippen LogP contribution in [-0.4, -0.2) is 12.9 Å². The highest BCUT2D eigenvalue weighted by atomic mass is 19.1. The zero-order valence-electron chi connectivity index (χ0n) is 9.31. The molecule has 0 aliphatic carbocycles. The van der Waals surface area contributed by atoms with Crippen molar-refractivity contribution in [3.63, 3.8) is 0 Å². The van der Waals surface area contributed by atoms with Crippen molar-refractivity contribution in [2.75, 3.05) is 7.05 Å². The second-order valence-corrected chi connectivity index (χ2v) is 2.91. The smallest absolute Gasteiger partial charge is 0.181 e. The molecule has 84 valence electrons. The highest BCUT2D eigenvalue weighted by Gasteiger charge is 2.05. The Labute approximate surface area is 90.5 Å². The molecule has 0 spiro atoms. The summed E-state index contributed by atoms with van der Waals surface area (Å²) in [4.78, 5) is 3.79. The Morgan fingerprint density at radius 2 is 2.20 bits per heavy atom. The van der Waals surface area contributed by atoms with E-state index in [4.69, 9.17) is 0 Å². The third-order valence-electron chi connectivity index (χ3n) is 1.62. The molecule has 0 bridgehead atoms. The van der Waals surface area contributed by atoms with Crippen LogP contribution < -0.4 is 10.6 Å². The molecule has 0 aromatic heterocycles. The van der Waals surface area contributed by atoms with Gasteiger partial charge in [0.2, 0.25) is 0 Å². The topological polar surface area (TPSA) is 36.4 Å². The Kier molecular flexibility index (Phi) is 6.97. The lowest BCUT2D eigenvalue weighted by molar-refractivity contribution is 0.664. The fourth-order valence-corrected chi connectivity index (χ4v) is 0.955. The molecule has 0 aliphatic heterocycles. The molecule has 15 heavy (non-hydrogen) atoms. The van der Waals surface area contributed by atoms with Crippen molar-refractivity contribution in [2.24, 2.45) is 4.99 Å². The van der Waals surface area contributed by atoms with Gasteiger partial charge < -0.3 is 10.6 Å². The molecule has 0 radical (unpaired) electrons. The fourth-order valence-electron chi connectivity index (χ4n) is 0.955. The van der Waals surface area contributed by atoms with Crippen LogP contribution in [0.5, 0.6) is 0 Å². The van der Waals surface area contributed by atoms with Gasteiger partial charge in [0.1, 0.15) is 0 Å². The summed E-state index contributed by atoms with van der Waals surface area (Å²) < 4.78 is 13.4. The van der Waals surface area contributed by atoms with E-state index in [9.17, 15) is 4.39 Å². The van der Waals surface area contributed by atoms with Gasteiger partial charge in [0.15, 0.2) is 11.7 Å². The molecular weight excluding hydrogens is 193 g/mol. The Balaban J connectivity index is 4.38. The van der Waals surface area contributed by atoms with Gasteiger partial charge in [-0.3, -0.25) is 4.99 Å². The van der Waals surface area contributed by atoms with E-state index in [-0.39, 0.29) is 5.84 Å². The largest absolute Gasteiger partial charge is 0.366 e. The number of rotatable bonds is 6. The van der Waals surface area contributed by atoms with Crippen molar-refractivity contribution in [1.29, 1.82) is 0 Å². The molecule has 0 aromatic carbocycles. The van der Waals surface area contributed by atoms with Crippen LogP contribution in [0, 0.1) is 0 Å². The molecule has 0 aromatic rings. The lowest BCUT2D eigenvalue weighted by atomic mass is 10.3. The van der Waals surface area contributed by atoms with E-state index >= 15 is 0 Å². The van der Waals surface area contributed by atoms with Gasteiger partial charge >= 0.3 is 0 Å². The minimum absolute atomic E-state index is 0.169. The predicted octanol–water partition coefficient (Wildman–Crippen LogP) is 2.46. The first-order valence-corrected chi connectivity index (χ1v) is 4.80. The van der Waals surface area contributed by atoms with E-state index in [0.29, 0.717) is 0 Å². The van der Waals surface area contributed by atoms with Gasteiger partial charge in [-0.15, -0.1) is 0 Å². The van der Waals surface area contributed by atoms with Gasteiger partial charge in [-0.2, -0.15) is 0 Å². The van der Waals surface area contributed by atoms with E-state index in [0.717, 1.165) is 18.5 Å². The third kappa shape index (κ3) is 5.67. The molecular formula is C11H18FN3. The van der Waals surface area contributed by atoms with Crippen molar-refractivity contribution in [3.8, 4) is 0 Å². The molecule has 0 fully saturated rings. The van der Waals surface area contributed by atoms with E-state index < -0.39 is 5.83 Å². The molecule has 0 rings (SSSR count). The maximum Gasteiger partial charge on any atom is 0.181 e. The minimum atomic E-state index is -0.477. The number of aliphatic imine (C=N–C) groups is 1. The molecule has 0 aliphatic rings. The monoisotopic (exact) mass is 211 g/mol. The molecule has 0 atom stereocenters. The second-order valence-electron chi connectivity index (χ2n) is 2.91. The van der Waals surface area contributed by atoms with Crippen molar-refractivity contribution >= 4 is 5.84 Å². The number of hydrogen-bond acceptors (Lipinski definition) is 2. The molecule has 0 saturated heterocycles. The first kappa shape index (κ1) is 13.4.